The van der Waals surface area contributed by atoms with Crippen LogP contribution in [-0.2, 0) is 0 Å². The van der Waals surface area contributed by atoms with Gasteiger partial charge < -0.3 is 4.42 Å². The second kappa shape index (κ2) is 4.88. The van der Waals surface area contributed by atoms with E-state index in [0.717, 1.165) is 23.1 Å². The van der Waals surface area contributed by atoms with Crippen LogP contribution in [0.1, 0.15) is 43.8 Å². The van der Waals surface area contributed by atoms with Gasteiger partial charge in [0.2, 0.25) is 0 Å². The van der Waals surface area contributed by atoms with Gasteiger partial charge >= 0.3 is 0 Å². The molecule has 1 saturated carbocycles. The van der Waals surface area contributed by atoms with Gasteiger partial charge in [-0.2, -0.15) is 0 Å². The number of hydrogen-bond donors (Lipinski definition) is 0. The van der Waals surface area contributed by atoms with E-state index in [2.05, 4.69) is 15.9 Å². The van der Waals surface area contributed by atoms with Crippen LogP contribution in [0.3, 0.4) is 0 Å². The molecule has 0 bridgehead atoms. The highest BCUT2D eigenvalue weighted by atomic mass is 79.9. The lowest BCUT2D eigenvalue weighted by Gasteiger charge is -2.20. The lowest BCUT2D eigenvalue weighted by molar-refractivity contribution is 0.380. The molecule has 0 atom stereocenters. The van der Waals surface area contributed by atoms with Crippen LogP contribution in [0.15, 0.2) is 37.9 Å². The maximum Gasteiger partial charge on any atom is 0.192 e. The molecular formula is C15H15BrO2. The smallest absolute Gasteiger partial charge is 0.192 e. The monoisotopic (exact) mass is 306 g/mol. The number of rotatable bonds is 1. The fourth-order valence-electron chi connectivity index (χ4n) is 2.75. The Morgan fingerprint density at radius 2 is 1.94 bits per heavy atom. The number of fused-ring (bicyclic) bond motifs is 1. The number of halogens is 1. The highest BCUT2D eigenvalue weighted by Crippen LogP contribution is 2.34. The lowest BCUT2D eigenvalue weighted by atomic mass is 9.87. The third kappa shape index (κ3) is 2.12. The topological polar surface area (TPSA) is 30.2 Å². The fraction of sp³-hybridized carbons (Fsp3) is 0.400. The molecule has 3 rings (SSSR count). The van der Waals surface area contributed by atoms with Crippen molar-refractivity contribution in [3.05, 3.63) is 44.7 Å². The second-order valence-electron chi connectivity index (χ2n) is 4.96. The predicted octanol–water partition coefficient (Wildman–Crippen LogP) is 4.60. The predicted molar refractivity (Wildman–Crippen MR) is 76.0 cm³/mol. The molecule has 94 valence electrons. The standard InChI is InChI=1S/C15H15BrO2/c16-12-8-4-7-11-13(17)9-14(18-15(11)12)10-5-2-1-3-6-10/h4,7-10H,1-3,5-6H2. The van der Waals surface area contributed by atoms with Crippen molar-refractivity contribution in [1.29, 1.82) is 0 Å². The zero-order chi connectivity index (χ0) is 12.5. The molecule has 0 amide bonds. The van der Waals surface area contributed by atoms with Crippen LogP contribution in [0.2, 0.25) is 0 Å². The average molecular weight is 307 g/mol. The van der Waals surface area contributed by atoms with Crippen molar-refractivity contribution in [2.24, 2.45) is 0 Å². The number of benzene rings is 1. The van der Waals surface area contributed by atoms with Gasteiger partial charge in [0.15, 0.2) is 11.0 Å². The van der Waals surface area contributed by atoms with Gasteiger partial charge in [-0.25, -0.2) is 0 Å². The largest absolute Gasteiger partial charge is 0.459 e. The van der Waals surface area contributed by atoms with Crippen molar-refractivity contribution in [3.63, 3.8) is 0 Å². The van der Waals surface area contributed by atoms with Crippen LogP contribution in [0.25, 0.3) is 11.0 Å². The fourth-order valence-corrected chi connectivity index (χ4v) is 3.20. The van der Waals surface area contributed by atoms with Gasteiger partial charge in [-0.05, 0) is 40.9 Å². The molecule has 0 aliphatic heterocycles. The number of hydrogen-bond acceptors (Lipinski definition) is 2. The summed E-state index contributed by atoms with van der Waals surface area (Å²) in [7, 11) is 0. The van der Waals surface area contributed by atoms with E-state index < -0.39 is 0 Å². The average Bonchev–Trinajstić information content (AvgIpc) is 2.41. The van der Waals surface area contributed by atoms with Gasteiger partial charge in [0.05, 0.1) is 9.86 Å². The molecule has 0 saturated heterocycles. The Labute approximate surface area is 114 Å². The molecule has 1 aliphatic carbocycles. The van der Waals surface area contributed by atoms with Crippen molar-refractivity contribution < 1.29 is 4.42 Å². The van der Waals surface area contributed by atoms with Crippen LogP contribution in [0.5, 0.6) is 0 Å². The van der Waals surface area contributed by atoms with Crippen LogP contribution in [-0.4, -0.2) is 0 Å². The normalized spacial score (nSPS) is 17.2. The summed E-state index contributed by atoms with van der Waals surface area (Å²) in [6.45, 7) is 0. The third-order valence-electron chi connectivity index (χ3n) is 3.73. The summed E-state index contributed by atoms with van der Waals surface area (Å²) < 4.78 is 6.82. The van der Waals surface area contributed by atoms with Crippen LogP contribution in [0, 0.1) is 0 Å². The molecule has 2 nitrogen and oxygen atoms in total. The summed E-state index contributed by atoms with van der Waals surface area (Å²) in [5, 5.41) is 0.656. The highest BCUT2D eigenvalue weighted by molar-refractivity contribution is 9.10. The Kier molecular flexibility index (Phi) is 3.25. The van der Waals surface area contributed by atoms with E-state index in [1.165, 1.54) is 19.3 Å². The van der Waals surface area contributed by atoms with E-state index in [4.69, 9.17) is 4.42 Å². The first-order valence-electron chi connectivity index (χ1n) is 6.48. The second-order valence-corrected chi connectivity index (χ2v) is 5.82. The zero-order valence-electron chi connectivity index (χ0n) is 10.1. The van der Waals surface area contributed by atoms with Gasteiger partial charge in [0.25, 0.3) is 0 Å². The molecule has 1 aromatic heterocycles. The van der Waals surface area contributed by atoms with Crippen molar-refractivity contribution in [3.8, 4) is 0 Å². The van der Waals surface area contributed by atoms with Crippen LogP contribution in [0.4, 0.5) is 0 Å². The molecule has 18 heavy (non-hydrogen) atoms. The summed E-state index contributed by atoms with van der Waals surface area (Å²) in [5.41, 5.74) is 0.753. The quantitative estimate of drug-likeness (QED) is 0.770. The van der Waals surface area contributed by atoms with Crippen molar-refractivity contribution in [1.82, 2.24) is 0 Å². The Balaban J connectivity index is 2.14. The van der Waals surface area contributed by atoms with Crippen molar-refractivity contribution >= 4 is 26.9 Å². The maximum absolute atomic E-state index is 12.1. The Hall–Kier alpha value is -1.09. The van der Waals surface area contributed by atoms with Crippen molar-refractivity contribution in [2.75, 3.05) is 0 Å². The maximum atomic E-state index is 12.1. The molecular weight excluding hydrogens is 292 g/mol. The summed E-state index contributed by atoms with van der Waals surface area (Å²) in [6, 6.07) is 7.28. The van der Waals surface area contributed by atoms with E-state index in [-0.39, 0.29) is 5.43 Å². The van der Waals surface area contributed by atoms with Crippen LogP contribution < -0.4 is 5.43 Å². The van der Waals surface area contributed by atoms with E-state index >= 15 is 0 Å². The molecule has 1 fully saturated rings. The molecule has 1 aliphatic rings. The van der Waals surface area contributed by atoms with Gasteiger partial charge in [0, 0.05) is 12.0 Å². The Morgan fingerprint density at radius 3 is 2.72 bits per heavy atom. The van der Waals surface area contributed by atoms with E-state index in [0.29, 0.717) is 16.9 Å². The van der Waals surface area contributed by atoms with Gasteiger partial charge in [-0.15, -0.1) is 0 Å². The van der Waals surface area contributed by atoms with Gasteiger partial charge in [0.1, 0.15) is 5.76 Å². The highest BCUT2D eigenvalue weighted by Gasteiger charge is 2.19. The number of para-hydroxylation sites is 1. The lowest BCUT2D eigenvalue weighted by Crippen LogP contribution is -2.09. The van der Waals surface area contributed by atoms with E-state index in [1.807, 2.05) is 18.2 Å². The molecule has 0 unspecified atom stereocenters. The minimum Gasteiger partial charge on any atom is -0.459 e. The van der Waals surface area contributed by atoms with E-state index in [9.17, 15) is 4.79 Å². The summed E-state index contributed by atoms with van der Waals surface area (Å²) in [4.78, 5) is 12.1. The summed E-state index contributed by atoms with van der Waals surface area (Å²) in [6.07, 6.45) is 6.06. The minimum absolute atomic E-state index is 0.0677. The first kappa shape index (κ1) is 12.0. The first-order chi connectivity index (χ1) is 8.75. The molecule has 1 heterocycles. The summed E-state index contributed by atoms with van der Waals surface area (Å²) in [5.74, 6) is 1.28. The minimum atomic E-state index is 0.0677. The molecule has 2 aromatic rings. The molecule has 0 radical (unpaired) electrons. The molecule has 1 aromatic carbocycles. The first-order valence-corrected chi connectivity index (χ1v) is 7.27. The Bertz CT molecular complexity index is 624. The molecule has 0 N–H and O–H groups in total. The third-order valence-corrected chi connectivity index (χ3v) is 4.36. The molecule has 0 spiro atoms. The SMILES string of the molecule is O=c1cc(C2CCCCC2)oc2c(Br)cccc12. The van der Waals surface area contributed by atoms with Crippen LogP contribution >= 0.6 is 15.9 Å². The summed E-state index contributed by atoms with van der Waals surface area (Å²) >= 11 is 3.46. The van der Waals surface area contributed by atoms with Gasteiger partial charge in [-0.3, -0.25) is 4.79 Å². The van der Waals surface area contributed by atoms with Gasteiger partial charge in [-0.1, -0.05) is 25.3 Å². The Morgan fingerprint density at radius 1 is 1.17 bits per heavy atom. The van der Waals surface area contributed by atoms with Crippen molar-refractivity contribution in [2.45, 2.75) is 38.0 Å². The van der Waals surface area contributed by atoms with E-state index in [1.54, 1.807) is 6.07 Å². The zero-order valence-corrected chi connectivity index (χ0v) is 11.7. The molecule has 3 heteroatoms.